The third-order valence-electron chi connectivity index (χ3n) is 1.70. The highest BCUT2D eigenvalue weighted by molar-refractivity contribution is 6.29. The lowest BCUT2D eigenvalue weighted by molar-refractivity contribution is 0.331. The van der Waals surface area contributed by atoms with Gasteiger partial charge in [0.25, 0.3) is 6.29 Å². The number of hydrogen-bond acceptors (Lipinski definition) is 3. The minimum Gasteiger partial charge on any atom is -0.356 e. The van der Waals surface area contributed by atoms with Crippen molar-refractivity contribution in [3.05, 3.63) is 29.8 Å². The van der Waals surface area contributed by atoms with Crippen molar-refractivity contribution in [3.8, 4) is 5.75 Å². The highest BCUT2D eigenvalue weighted by Crippen LogP contribution is 2.21. The van der Waals surface area contributed by atoms with E-state index in [-0.39, 0.29) is 0 Å². The zero-order valence-electron chi connectivity index (χ0n) is 6.28. The van der Waals surface area contributed by atoms with Crippen molar-refractivity contribution in [2.45, 2.75) is 6.42 Å². The molecule has 1 aliphatic rings. The van der Waals surface area contributed by atoms with Crippen molar-refractivity contribution >= 4 is 12.0 Å². The second-order valence-corrected chi connectivity index (χ2v) is 2.52. The summed E-state index contributed by atoms with van der Waals surface area (Å²) in [6, 6.07) is 7.49. The number of rotatable bonds is 1. The molecule has 59 valence electrons. The van der Waals surface area contributed by atoms with Crippen molar-refractivity contribution in [3.63, 3.8) is 0 Å². The summed E-state index contributed by atoms with van der Waals surface area (Å²) in [7, 11) is 0. The molecule has 0 N–H and O–H groups in total. The molecule has 0 amide bonds. The molecule has 1 aromatic carbocycles. The van der Waals surface area contributed by atoms with Crippen molar-refractivity contribution in [2.75, 3.05) is 0 Å². The van der Waals surface area contributed by atoms with E-state index >= 15 is 0 Å². The Kier molecular flexibility index (Phi) is 1.63. The number of hydrogen-bond donors (Lipinski definition) is 0. The molecule has 0 atom stereocenters. The molecule has 3 nitrogen and oxygen atoms in total. The minimum absolute atomic E-state index is 0.314. The maximum Gasteiger partial charge on any atom is 0.252 e. The number of para-hydroxylation sites is 1. The molecule has 2 rings (SSSR count). The summed E-state index contributed by atoms with van der Waals surface area (Å²) in [5.41, 5.74) is 1.29. The second-order valence-electron chi connectivity index (χ2n) is 2.52. The van der Waals surface area contributed by atoms with Crippen LogP contribution in [0.4, 0.5) is 0 Å². The zero-order valence-corrected chi connectivity index (χ0v) is 6.28. The van der Waals surface area contributed by atoms with Gasteiger partial charge in [-0.25, -0.2) is 0 Å². The zero-order chi connectivity index (χ0) is 8.39. The lowest BCUT2D eigenvalue weighted by Crippen LogP contribution is -2.12. The molecular formula is C9H6NO2. The molecular weight excluding hydrogens is 154 g/mol. The predicted octanol–water partition coefficient (Wildman–Crippen LogP) is 1.09. The first-order chi connectivity index (χ1) is 5.90. The van der Waals surface area contributed by atoms with Gasteiger partial charge in [-0.3, -0.25) is 4.79 Å². The summed E-state index contributed by atoms with van der Waals surface area (Å²) in [4.78, 5) is 15.2. The average molecular weight is 160 g/mol. The molecule has 0 unspecified atom stereocenters. The Labute approximate surface area is 69.6 Å². The van der Waals surface area contributed by atoms with Gasteiger partial charge in [0.15, 0.2) is 5.75 Å². The SMILES string of the molecule is O=[C]C1=NOc2ccccc2C1. The Hall–Kier alpha value is -1.64. The van der Waals surface area contributed by atoms with E-state index in [1.807, 2.05) is 24.3 Å². The van der Waals surface area contributed by atoms with Crippen LogP contribution in [0.2, 0.25) is 0 Å². The smallest absolute Gasteiger partial charge is 0.252 e. The van der Waals surface area contributed by atoms with E-state index < -0.39 is 0 Å². The van der Waals surface area contributed by atoms with Gasteiger partial charge in [-0.1, -0.05) is 23.4 Å². The predicted molar refractivity (Wildman–Crippen MR) is 43.9 cm³/mol. The van der Waals surface area contributed by atoms with Crippen molar-refractivity contribution in [1.29, 1.82) is 0 Å². The number of oxime groups is 1. The third kappa shape index (κ3) is 1.09. The molecule has 0 aromatic heterocycles. The van der Waals surface area contributed by atoms with E-state index in [1.54, 1.807) is 6.29 Å². The van der Waals surface area contributed by atoms with Gasteiger partial charge >= 0.3 is 0 Å². The fourth-order valence-electron chi connectivity index (χ4n) is 1.11. The topological polar surface area (TPSA) is 38.7 Å². The van der Waals surface area contributed by atoms with Gasteiger partial charge in [0.1, 0.15) is 5.71 Å². The summed E-state index contributed by atoms with van der Waals surface area (Å²) >= 11 is 0. The summed E-state index contributed by atoms with van der Waals surface area (Å²) in [5, 5.41) is 3.58. The van der Waals surface area contributed by atoms with Gasteiger partial charge in [0.05, 0.1) is 0 Å². The molecule has 0 saturated carbocycles. The highest BCUT2D eigenvalue weighted by Gasteiger charge is 2.12. The molecule has 1 radical (unpaired) electrons. The normalized spacial score (nSPS) is 14.2. The van der Waals surface area contributed by atoms with Gasteiger partial charge in [-0.2, -0.15) is 0 Å². The minimum atomic E-state index is 0.314. The first-order valence-electron chi connectivity index (χ1n) is 3.60. The van der Waals surface area contributed by atoms with E-state index in [0.717, 1.165) is 11.3 Å². The van der Waals surface area contributed by atoms with E-state index in [2.05, 4.69) is 5.16 Å². The summed E-state index contributed by atoms with van der Waals surface area (Å²) in [5.74, 6) is 0.719. The highest BCUT2D eigenvalue weighted by atomic mass is 16.6. The van der Waals surface area contributed by atoms with Gasteiger partial charge < -0.3 is 4.84 Å². The number of fused-ring (bicyclic) bond motifs is 1. The van der Waals surface area contributed by atoms with E-state index in [4.69, 9.17) is 4.84 Å². The van der Waals surface area contributed by atoms with Crippen LogP contribution in [-0.4, -0.2) is 12.0 Å². The van der Waals surface area contributed by atoms with Crippen LogP contribution in [0.25, 0.3) is 0 Å². The maximum absolute atomic E-state index is 10.2. The number of carbonyl (C=O) groups excluding carboxylic acids is 1. The Bertz CT molecular complexity index is 344. The van der Waals surface area contributed by atoms with Crippen LogP contribution in [0.15, 0.2) is 29.4 Å². The Morgan fingerprint density at radius 3 is 3.08 bits per heavy atom. The fraction of sp³-hybridized carbons (Fsp3) is 0.111. The van der Waals surface area contributed by atoms with Crippen LogP contribution in [0.1, 0.15) is 5.56 Å². The van der Waals surface area contributed by atoms with Gasteiger partial charge in [-0.05, 0) is 6.07 Å². The van der Waals surface area contributed by atoms with Gasteiger partial charge in [-0.15, -0.1) is 0 Å². The molecule has 0 spiro atoms. The van der Waals surface area contributed by atoms with E-state index in [0.29, 0.717) is 12.1 Å². The Morgan fingerprint density at radius 2 is 2.25 bits per heavy atom. The van der Waals surface area contributed by atoms with Gasteiger partial charge in [0, 0.05) is 12.0 Å². The number of benzene rings is 1. The quantitative estimate of drug-likeness (QED) is 0.616. The lowest BCUT2D eigenvalue weighted by atomic mass is 10.1. The first-order valence-corrected chi connectivity index (χ1v) is 3.60. The molecule has 3 heteroatoms. The van der Waals surface area contributed by atoms with Crippen molar-refractivity contribution in [2.24, 2.45) is 5.16 Å². The monoisotopic (exact) mass is 160 g/mol. The van der Waals surface area contributed by atoms with Gasteiger partial charge in [0.2, 0.25) is 0 Å². The average Bonchev–Trinajstić information content (AvgIpc) is 2.17. The van der Waals surface area contributed by atoms with E-state index in [9.17, 15) is 4.79 Å². The lowest BCUT2D eigenvalue weighted by Gasteiger charge is -2.10. The summed E-state index contributed by atoms with van der Waals surface area (Å²) in [6.07, 6.45) is 2.23. The molecule has 1 aromatic rings. The van der Waals surface area contributed by atoms with Crippen LogP contribution < -0.4 is 4.84 Å². The Balaban J connectivity index is 2.36. The maximum atomic E-state index is 10.2. The summed E-state index contributed by atoms with van der Waals surface area (Å²) < 4.78 is 0. The van der Waals surface area contributed by atoms with Crippen LogP contribution in [0.3, 0.4) is 0 Å². The molecule has 1 aliphatic heterocycles. The van der Waals surface area contributed by atoms with Crippen molar-refractivity contribution in [1.82, 2.24) is 0 Å². The molecule has 0 aliphatic carbocycles. The van der Waals surface area contributed by atoms with Crippen LogP contribution in [0, 0.1) is 0 Å². The summed E-state index contributed by atoms with van der Waals surface area (Å²) in [6.45, 7) is 0. The number of nitrogens with zero attached hydrogens (tertiary/aromatic N) is 1. The van der Waals surface area contributed by atoms with E-state index in [1.165, 1.54) is 0 Å². The first kappa shape index (κ1) is 7.03. The Morgan fingerprint density at radius 1 is 1.42 bits per heavy atom. The molecule has 12 heavy (non-hydrogen) atoms. The molecule has 0 saturated heterocycles. The molecule has 1 heterocycles. The van der Waals surface area contributed by atoms with Crippen molar-refractivity contribution < 1.29 is 9.63 Å². The third-order valence-corrected chi connectivity index (χ3v) is 1.70. The van der Waals surface area contributed by atoms with Crippen LogP contribution >= 0.6 is 0 Å². The van der Waals surface area contributed by atoms with Crippen LogP contribution in [0.5, 0.6) is 5.75 Å². The fourth-order valence-corrected chi connectivity index (χ4v) is 1.11. The second kappa shape index (κ2) is 2.77. The molecule has 0 fully saturated rings. The standard InChI is InChI=1S/C9H6NO2/c11-6-8-5-7-3-1-2-4-9(7)12-10-8/h1-4H,5H2. The van der Waals surface area contributed by atoms with Crippen LogP contribution in [-0.2, 0) is 11.2 Å². The largest absolute Gasteiger partial charge is 0.356 e. The molecule has 0 bridgehead atoms.